The highest BCUT2D eigenvalue weighted by Crippen LogP contribution is 2.34. The van der Waals surface area contributed by atoms with Gasteiger partial charge in [0.15, 0.2) is 11.5 Å². The predicted octanol–water partition coefficient (Wildman–Crippen LogP) is 2.54. The molecular weight excluding hydrogens is 326 g/mol. The summed E-state index contributed by atoms with van der Waals surface area (Å²) in [6, 6.07) is 12.3. The second kappa shape index (κ2) is 6.83. The van der Waals surface area contributed by atoms with Crippen LogP contribution in [0.25, 0.3) is 0 Å². The van der Waals surface area contributed by atoms with Gasteiger partial charge in [0.05, 0.1) is 18.0 Å². The number of methoxy groups -OCH3 is 1. The third-order valence-corrected chi connectivity index (χ3v) is 5.68. The van der Waals surface area contributed by atoms with E-state index >= 15 is 0 Å². The predicted molar refractivity (Wildman–Crippen MR) is 92.1 cm³/mol. The smallest absolute Gasteiger partial charge is 0.240 e. The number of sulfonamides is 1. The molecule has 0 fully saturated rings. The first-order valence-electron chi connectivity index (χ1n) is 7.93. The van der Waals surface area contributed by atoms with E-state index in [2.05, 4.69) is 4.72 Å². The van der Waals surface area contributed by atoms with Gasteiger partial charge in [0.1, 0.15) is 6.61 Å². The van der Waals surface area contributed by atoms with Gasteiger partial charge >= 0.3 is 0 Å². The molecule has 0 spiro atoms. The zero-order valence-corrected chi connectivity index (χ0v) is 14.6. The second-order valence-corrected chi connectivity index (χ2v) is 7.49. The Kier molecular flexibility index (Phi) is 4.78. The first-order chi connectivity index (χ1) is 11.5. The molecule has 3 rings (SSSR count). The average molecular weight is 347 g/mol. The topological polar surface area (TPSA) is 64.6 Å². The molecule has 1 unspecified atom stereocenters. The molecule has 0 aliphatic carbocycles. The summed E-state index contributed by atoms with van der Waals surface area (Å²) in [4.78, 5) is 0.274. The monoisotopic (exact) mass is 347 g/mol. The molecule has 1 aliphatic rings. The number of benzene rings is 2. The Balaban J connectivity index is 1.76. The maximum atomic E-state index is 12.5. The van der Waals surface area contributed by atoms with Crippen molar-refractivity contribution < 1.29 is 17.9 Å². The van der Waals surface area contributed by atoms with E-state index in [4.69, 9.17) is 9.47 Å². The Bertz CT molecular complexity index is 815. The zero-order chi connectivity index (χ0) is 17.2. The molecule has 0 saturated carbocycles. The summed E-state index contributed by atoms with van der Waals surface area (Å²) >= 11 is 0. The maximum Gasteiger partial charge on any atom is 0.240 e. The van der Waals surface area contributed by atoms with Gasteiger partial charge in [0, 0.05) is 0 Å². The third-order valence-electron chi connectivity index (χ3n) is 4.14. The van der Waals surface area contributed by atoms with Crippen molar-refractivity contribution in [3.05, 3.63) is 53.6 Å². The summed E-state index contributed by atoms with van der Waals surface area (Å²) in [5.74, 6) is 1.37. The quantitative estimate of drug-likeness (QED) is 0.903. The molecule has 2 aromatic carbocycles. The summed E-state index contributed by atoms with van der Waals surface area (Å²) < 4.78 is 38.8. The first kappa shape index (κ1) is 16.8. The van der Waals surface area contributed by atoms with Gasteiger partial charge in [-0.1, -0.05) is 31.2 Å². The number of nitrogens with one attached hydrogen (secondary N) is 1. The number of rotatable bonds is 5. The molecule has 5 nitrogen and oxygen atoms in total. The molecule has 0 amide bonds. The van der Waals surface area contributed by atoms with Crippen LogP contribution in [-0.2, 0) is 22.9 Å². The molecule has 1 N–H and O–H groups in total. The summed E-state index contributed by atoms with van der Waals surface area (Å²) in [6.07, 6.45) is 1.45. The van der Waals surface area contributed by atoms with E-state index in [-0.39, 0.29) is 17.5 Å². The molecule has 0 radical (unpaired) electrons. The minimum absolute atomic E-state index is 0.274. The van der Waals surface area contributed by atoms with E-state index in [1.54, 1.807) is 19.2 Å². The van der Waals surface area contributed by atoms with E-state index in [1.807, 2.05) is 37.3 Å². The van der Waals surface area contributed by atoms with Crippen LogP contribution < -0.4 is 14.2 Å². The highest BCUT2D eigenvalue weighted by Gasteiger charge is 2.27. The van der Waals surface area contributed by atoms with Gasteiger partial charge in [-0.3, -0.25) is 0 Å². The van der Waals surface area contributed by atoms with Crippen LogP contribution in [0.1, 0.15) is 18.1 Å². The fraction of sp³-hybridized carbons (Fsp3) is 0.333. The normalized spacial score (nSPS) is 17.0. The Morgan fingerprint density at radius 3 is 2.62 bits per heavy atom. The van der Waals surface area contributed by atoms with E-state index in [0.717, 1.165) is 17.5 Å². The summed E-state index contributed by atoms with van der Waals surface area (Å²) in [6.45, 7) is 2.31. The number of ether oxygens (including phenoxy) is 2. The Hall–Kier alpha value is -2.05. The van der Waals surface area contributed by atoms with Crippen LogP contribution in [0.2, 0.25) is 0 Å². The highest BCUT2D eigenvalue weighted by atomic mass is 32.2. The highest BCUT2D eigenvalue weighted by molar-refractivity contribution is 7.89. The van der Waals surface area contributed by atoms with E-state index in [1.165, 1.54) is 0 Å². The fourth-order valence-electron chi connectivity index (χ4n) is 2.82. The lowest BCUT2D eigenvalue weighted by Gasteiger charge is -2.27. The van der Waals surface area contributed by atoms with Crippen molar-refractivity contribution in [2.45, 2.75) is 30.7 Å². The van der Waals surface area contributed by atoms with Gasteiger partial charge in [-0.25, -0.2) is 13.1 Å². The van der Waals surface area contributed by atoms with E-state index in [9.17, 15) is 8.42 Å². The number of fused-ring (bicyclic) bond motifs is 1. The van der Waals surface area contributed by atoms with Crippen molar-refractivity contribution in [2.24, 2.45) is 0 Å². The standard InChI is InChI=1S/C18H21NO4S/c1-3-13-7-9-16(10-8-13)24(20,21)19-15-11-14-5-4-6-17(22-2)18(14)23-12-15/h4-10,15,19H,3,11-12H2,1-2H3. The molecule has 2 aromatic rings. The van der Waals surface area contributed by atoms with Crippen LogP contribution >= 0.6 is 0 Å². The van der Waals surface area contributed by atoms with Crippen molar-refractivity contribution in [1.29, 1.82) is 0 Å². The largest absolute Gasteiger partial charge is 0.493 e. The summed E-state index contributed by atoms with van der Waals surface area (Å²) in [7, 11) is -1.97. The third kappa shape index (κ3) is 3.39. The number of hydrogen-bond acceptors (Lipinski definition) is 4. The molecule has 24 heavy (non-hydrogen) atoms. The molecule has 0 aromatic heterocycles. The van der Waals surface area contributed by atoms with Crippen LogP contribution in [0.4, 0.5) is 0 Å². The molecule has 1 aliphatic heterocycles. The van der Waals surface area contributed by atoms with Gasteiger partial charge in [0.2, 0.25) is 10.0 Å². The van der Waals surface area contributed by atoms with Crippen molar-refractivity contribution in [1.82, 2.24) is 4.72 Å². The van der Waals surface area contributed by atoms with Crippen LogP contribution in [-0.4, -0.2) is 28.2 Å². The van der Waals surface area contributed by atoms with Gasteiger partial charge in [-0.05, 0) is 42.2 Å². The maximum absolute atomic E-state index is 12.5. The number of hydrogen-bond donors (Lipinski definition) is 1. The van der Waals surface area contributed by atoms with Gasteiger partial charge in [-0.15, -0.1) is 0 Å². The van der Waals surface area contributed by atoms with Crippen molar-refractivity contribution in [3.8, 4) is 11.5 Å². The Labute approximate surface area is 142 Å². The molecule has 128 valence electrons. The van der Waals surface area contributed by atoms with E-state index < -0.39 is 10.0 Å². The summed E-state index contributed by atoms with van der Waals surface area (Å²) in [5, 5.41) is 0. The second-order valence-electron chi connectivity index (χ2n) is 5.78. The Morgan fingerprint density at radius 1 is 1.21 bits per heavy atom. The minimum atomic E-state index is -3.56. The molecule has 0 bridgehead atoms. The lowest BCUT2D eigenvalue weighted by Crippen LogP contribution is -2.42. The minimum Gasteiger partial charge on any atom is -0.493 e. The lowest BCUT2D eigenvalue weighted by molar-refractivity contribution is 0.240. The molecule has 1 heterocycles. The van der Waals surface area contributed by atoms with Crippen LogP contribution in [0.5, 0.6) is 11.5 Å². The molecule has 0 saturated heterocycles. The molecule has 1 atom stereocenters. The van der Waals surface area contributed by atoms with Crippen molar-refractivity contribution in [2.75, 3.05) is 13.7 Å². The van der Waals surface area contributed by atoms with Crippen LogP contribution in [0.15, 0.2) is 47.4 Å². The average Bonchev–Trinajstić information content (AvgIpc) is 2.60. The molecular formula is C18H21NO4S. The Morgan fingerprint density at radius 2 is 1.96 bits per heavy atom. The van der Waals surface area contributed by atoms with Gasteiger partial charge in [-0.2, -0.15) is 0 Å². The van der Waals surface area contributed by atoms with Crippen LogP contribution in [0, 0.1) is 0 Å². The van der Waals surface area contributed by atoms with Crippen LogP contribution in [0.3, 0.4) is 0 Å². The van der Waals surface area contributed by atoms with Gasteiger partial charge < -0.3 is 9.47 Å². The number of aryl methyl sites for hydroxylation is 1. The number of para-hydroxylation sites is 1. The van der Waals surface area contributed by atoms with E-state index in [0.29, 0.717) is 17.9 Å². The van der Waals surface area contributed by atoms with Crippen molar-refractivity contribution >= 4 is 10.0 Å². The first-order valence-corrected chi connectivity index (χ1v) is 9.41. The summed E-state index contributed by atoms with van der Waals surface area (Å²) in [5.41, 5.74) is 2.05. The fourth-order valence-corrected chi connectivity index (χ4v) is 4.04. The van der Waals surface area contributed by atoms with Gasteiger partial charge in [0.25, 0.3) is 0 Å². The lowest BCUT2D eigenvalue weighted by atomic mass is 10.0. The zero-order valence-electron chi connectivity index (χ0n) is 13.8. The molecule has 6 heteroatoms. The van der Waals surface area contributed by atoms with Crippen molar-refractivity contribution in [3.63, 3.8) is 0 Å². The SMILES string of the molecule is CCc1ccc(S(=O)(=O)NC2COc3c(cccc3OC)C2)cc1.